The number of carbonyl (C=O) groups excluding carboxylic acids is 1. The lowest BCUT2D eigenvalue weighted by Crippen LogP contribution is -2.30. The Bertz CT molecular complexity index is 608. The predicted octanol–water partition coefficient (Wildman–Crippen LogP) is 1.63. The van der Waals surface area contributed by atoms with Gasteiger partial charge in [-0.05, 0) is 25.0 Å². The highest BCUT2D eigenvalue weighted by Crippen LogP contribution is 2.09. The lowest BCUT2D eigenvalue weighted by molar-refractivity contribution is -0.137. The fourth-order valence-corrected chi connectivity index (χ4v) is 1.87. The van der Waals surface area contributed by atoms with Crippen molar-refractivity contribution in [3.05, 3.63) is 24.3 Å². The molecule has 0 radical (unpaired) electrons. The molecule has 20 heavy (non-hydrogen) atoms. The second-order valence-corrected chi connectivity index (χ2v) is 4.43. The first-order valence-electron chi connectivity index (χ1n) is 6.49. The van der Waals surface area contributed by atoms with Gasteiger partial charge in [-0.3, -0.25) is 4.79 Å². The van der Waals surface area contributed by atoms with E-state index in [1.807, 2.05) is 12.1 Å². The molecule has 2 aromatic rings. The van der Waals surface area contributed by atoms with Gasteiger partial charge in [-0.2, -0.15) is 4.68 Å². The molecule has 1 aromatic carbocycles. The highest BCUT2D eigenvalue weighted by atomic mass is 16.4. The summed E-state index contributed by atoms with van der Waals surface area (Å²) in [5.41, 5.74) is 1.33. The maximum Gasteiger partial charge on any atom is 0.344 e. The molecule has 1 amide bonds. The third-order valence-electron chi connectivity index (χ3n) is 2.89. The second kappa shape index (κ2) is 6.65. The van der Waals surface area contributed by atoms with Gasteiger partial charge in [-0.1, -0.05) is 23.8 Å². The highest BCUT2D eigenvalue weighted by molar-refractivity contribution is 5.87. The molecule has 2 rings (SSSR count). The first-order chi connectivity index (χ1) is 9.68. The average Bonchev–Trinajstić information content (AvgIpc) is 2.86. The zero-order valence-electron chi connectivity index (χ0n) is 11.0. The third-order valence-corrected chi connectivity index (χ3v) is 2.89. The van der Waals surface area contributed by atoms with E-state index in [4.69, 9.17) is 5.11 Å². The number of amides is 1. The number of carboxylic acids is 1. The number of aliphatic carboxylic acids is 1. The zero-order valence-corrected chi connectivity index (χ0v) is 11.0. The summed E-state index contributed by atoms with van der Waals surface area (Å²) in [7, 11) is 0. The smallest absolute Gasteiger partial charge is 0.344 e. The molecule has 0 fully saturated rings. The van der Waals surface area contributed by atoms with Crippen molar-refractivity contribution in [1.82, 2.24) is 20.3 Å². The Balaban J connectivity index is 1.79. The SMILES string of the molecule is O=C(O)CCCCCNC(=O)n1nnc2ccccc21. The van der Waals surface area contributed by atoms with Gasteiger partial charge in [0.15, 0.2) is 0 Å². The number of nitrogens with one attached hydrogen (secondary N) is 1. The molecule has 7 nitrogen and oxygen atoms in total. The van der Waals surface area contributed by atoms with E-state index < -0.39 is 5.97 Å². The summed E-state index contributed by atoms with van der Waals surface area (Å²) in [5.74, 6) is -0.789. The summed E-state index contributed by atoms with van der Waals surface area (Å²) in [6.07, 6.45) is 2.30. The summed E-state index contributed by atoms with van der Waals surface area (Å²) >= 11 is 0. The minimum atomic E-state index is -0.789. The number of para-hydroxylation sites is 1. The number of hydrogen-bond acceptors (Lipinski definition) is 4. The number of unbranched alkanes of at least 4 members (excludes halogenated alkanes) is 2. The van der Waals surface area contributed by atoms with E-state index >= 15 is 0 Å². The van der Waals surface area contributed by atoms with Gasteiger partial charge in [-0.15, -0.1) is 5.10 Å². The van der Waals surface area contributed by atoms with E-state index in [0.29, 0.717) is 24.0 Å². The van der Waals surface area contributed by atoms with Gasteiger partial charge in [-0.25, -0.2) is 4.79 Å². The number of nitrogens with zero attached hydrogens (tertiary/aromatic N) is 3. The van der Waals surface area contributed by atoms with Crippen LogP contribution in [-0.4, -0.2) is 38.6 Å². The molecule has 1 aromatic heterocycles. The number of fused-ring (bicyclic) bond motifs is 1. The van der Waals surface area contributed by atoms with Crippen LogP contribution in [0.5, 0.6) is 0 Å². The molecular formula is C13H16N4O3. The van der Waals surface area contributed by atoms with Gasteiger partial charge in [0.05, 0.1) is 5.52 Å². The Morgan fingerprint density at radius 3 is 2.80 bits per heavy atom. The van der Waals surface area contributed by atoms with Gasteiger partial charge in [0.2, 0.25) is 0 Å². The Morgan fingerprint density at radius 2 is 2.00 bits per heavy atom. The van der Waals surface area contributed by atoms with E-state index in [1.54, 1.807) is 12.1 Å². The molecule has 0 saturated heterocycles. The Labute approximate surface area is 115 Å². The van der Waals surface area contributed by atoms with Gasteiger partial charge in [0.1, 0.15) is 5.52 Å². The molecule has 7 heteroatoms. The molecule has 0 aliphatic heterocycles. The summed E-state index contributed by atoms with van der Waals surface area (Å²) in [5, 5.41) is 18.9. The second-order valence-electron chi connectivity index (χ2n) is 4.43. The number of carbonyl (C=O) groups is 2. The van der Waals surface area contributed by atoms with Crippen LogP contribution in [0.1, 0.15) is 25.7 Å². The lowest BCUT2D eigenvalue weighted by atomic mass is 10.2. The van der Waals surface area contributed by atoms with Crippen LogP contribution in [0.2, 0.25) is 0 Å². The Morgan fingerprint density at radius 1 is 1.20 bits per heavy atom. The highest BCUT2D eigenvalue weighted by Gasteiger charge is 2.10. The van der Waals surface area contributed by atoms with Crippen LogP contribution in [0, 0.1) is 0 Å². The van der Waals surface area contributed by atoms with Crippen molar-refractivity contribution in [2.75, 3.05) is 6.54 Å². The summed E-state index contributed by atoms with van der Waals surface area (Å²) in [6.45, 7) is 0.493. The van der Waals surface area contributed by atoms with E-state index in [2.05, 4.69) is 15.6 Å². The maximum atomic E-state index is 11.9. The molecule has 0 saturated carbocycles. The molecule has 2 N–H and O–H groups in total. The van der Waals surface area contributed by atoms with Gasteiger partial charge in [0.25, 0.3) is 0 Å². The molecule has 0 aliphatic carbocycles. The molecule has 0 unspecified atom stereocenters. The predicted molar refractivity (Wildman–Crippen MR) is 72.4 cm³/mol. The van der Waals surface area contributed by atoms with Crippen LogP contribution in [-0.2, 0) is 4.79 Å². The van der Waals surface area contributed by atoms with Crippen LogP contribution in [0.4, 0.5) is 4.79 Å². The Hall–Kier alpha value is -2.44. The number of rotatable bonds is 6. The van der Waals surface area contributed by atoms with Crippen molar-refractivity contribution in [1.29, 1.82) is 0 Å². The van der Waals surface area contributed by atoms with E-state index in [1.165, 1.54) is 4.68 Å². The van der Waals surface area contributed by atoms with Crippen LogP contribution >= 0.6 is 0 Å². The zero-order chi connectivity index (χ0) is 14.4. The third kappa shape index (κ3) is 3.53. The van der Waals surface area contributed by atoms with Crippen LogP contribution in [0.15, 0.2) is 24.3 Å². The Kier molecular flexibility index (Phi) is 4.65. The van der Waals surface area contributed by atoms with Gasteiger partial charge in [0, 0.05) is 13.0 Å². The molecule has 1 heterocycles. The number of aromatic nitrogens is 3. The quantitative estimate of drug-likeness (QED) is 0.781. The van der Waals surface area contributed by atoms with Crippen molar-refractivity contribution in [2.45, 2.75) is 25.7 Å². The summed E-state index contributed by atoms with van der Waals surface area (Å²) < 4.78 is 1.23. The standard InChI is InChI=1S/C13H16N4O3/c18-12(19)8-2-1-5-9-14-13(20)17-11-7-4-3-6-10(11)15-16-17/h3-4,6-7H,1-2,5,8-9H2,(H,14,20)(H,18,19). The fraction of sp³-hybridized carbons (Fsp3) is 0.385. The topological polar surface area (TPSA) is 97.1 Å². The molecule has 0 aliphatic rings. The molecular weight excluding hydrogens is 260 g/mol. The average molecular weight is 276 g/mol. The van der Waals surface area contributed by atoms with Crippen molar-refractivity contribution >= 4 is 23.0 Å². The van der Waals surface area contributed by atoms with E-state index in [9.17, 15) is 9.59 Å². The summed E-state index contributed by atoms with van der Waals surface area (Å²) in [4.78, 5) is 22.2. The maximum absolute atomic E-state index is 11.9. The largest absolute Gasteiger partial charge is 0.481 e. The normalized spacial score (nSPS) is 10.6. The first-order valence-corrected chi connectivity index (χ1v) is 6.49. The van der Waals surface area contributed by atoms with Gasteiger partial charge < -0.3 is 10.4 Å². The molecule has 0 atom stereocenters. The molecule has 106 valence electrons. The molecule has 0 bridgehead atoms. The van der Waals surface area contributed by atoms with Crippen molar-refractivity contribution in [2.24, 2.45) is 0 Å². The fourth-order valence-electron chi connectivity index (χ4n) is 1.87. The van der Waals surface area contributed by atoms with Crippen LogP contribution in [0.25, 0.3) is 11.0 Å². The van der Waals surface area contributed by atoms with Crippen molar-refractivity contribution < 1.29 is 14.7 Å². The van der Waals surface area contributed by atoms with Gasteiger partial charge >= 0.3 is 12.0 Å². The minimum absolute atomic E-state index is 0.168. The van der Waals surface area contributed by atoms with Crippen molar-refractivity contribution in [3.8, 4) is 0 Å². The first kappa shape index (κ1) is 14.0. The summed E-state index contributed by atoms with van der Waals surface area (Å²) in [6, 6.07) is 6.90. The van der Waals surface area contributed by atoms with Crippen LogP contribution in [0.3, 0.4) is 0 Å². The number of hydrogen-bond donors (Lipinski definition) is 2. The monoisotopic (exact) mass is 276 g/mol. The lowest BCUT2D eigenvalue weighted by Gasteiger charge is -2.04. The van der Waals surface area contributed by atoms with E-state index in [-0.39, 0.29) is 12.5 Å². The van der Waals surface area contributed by atoms with E-state index in [0.717, 1.165) is 12.8 Å². The van der Waals surface area contributed by atoms with Crippen molar-refractivity contribution in [3.63, 3.8) is 0 Å². The molecule has 0 spiro atoms. The minimum Gasteiger partial charge on any atom is -0.481 e. The van der Waals surface area contributed by atoms with Crippen LogP contribution < -0.4 is 5.32 Å². The number of carboxylic acid groups (broad SMARTS) is 1. The number of benzene rings is 1.